The highest BCUT2D eigenvalue weighted by Crippen LogP contribution is 2.33. The van der Waals surface area contributed by atoms with Crippen LogP contribution >= 0.6 is 15.9 Å². The maximum atomic E-state index is 5.90. The van der Waals surface area contributed by atoms with Gasteiger partial charge in [-0.2, -0.15) is 0 Å². The SMILES string of the molecule is Nc1cc(-c2nnnn2CCCC2CC2)ccc1Br. The minimum absolute atomic E-state index is 0.699. The standard InChI is InChI=1S/C13H16BrN5/c14-11-6-5-10(8-12(11)15)13-16-17-18-19(13)7-1-2-9-3-4-9/h5-6,8-9H,1-4,7,15H2. The van der Waals surface area contributed by atoms with Gasteiger partial charge in [-0.05, 0) is 63.3 Å². The number of nitrogen functional groups attached to an aromatic ring is 1. The van der Waals surface area contributed by atoms with E-state index in [0.29, 0.717) is 5.69 Å². The number of nitrogens with zero attached hydrogens (tertiary/aromatic N) is 4. The lowest BCUT2D eigenvalue weighted by Crippen LogP contribution is -2.03. The molecule has 0 aliphatic heterocycles. The Morgan fingerprint density at radius 1 is 1.37 bits per heavy atom. The van der Waals surface area contributed by atoms with Gasteiger partial charge in [-0.3, -0.25) is 0 Å². The average Bonchev–Trinajstić information content (AvgIpc) is 3.10. The van der Waals surface area contributed by atoms with E-state index in [2.05, 4.69) is 31.5 Å². The molecule has 0 saturated heterocycles. The van der Waals surface area contributed by atoms with Gasteiger partial charge >= 0.3 is 0 Å². The van der Waals surface area contributed by atoms with E-state index in [1.807, 2.05) is 22.9 Å². The number of anilines is 1. The number of benzene rings is 1. The number of hydrogen-bond acceptors (Lipinski definition) is 4. The molecule has 1 saturated carbocycles. The number of aryl methyl sites for hydroxylation is 1. The third-order valence-electron chi connectivity index (χ3n) is 3.47. The van der Waals surface area contributed by atoms with Crippen molar-refractivity contribution in [3.8, 4) is 11.4 Å². The zero-order valence-electron chi connectivity index (χ0n) is 10.6. The summed E-state index contributed by atoms with van der Waals surface area (Å²) in [4.78, 5) is 0. The average molecular weight is 322 g/mol. The van der Waals surface area contributed by atoms with Crippen molar-refractivity contribution in [3.63, 3.8) is 0 Å². The van der Waals surface area contributed by atoms with E-state index in [1.165, 1.54) is 19.3 Å². The van der Waals surface area contributed by atoms with Gasteiger partial charge in [0.25, 0.3) is 0 Å². The van der Waals surface area contributed by atoms with Crippen LogP contribution in [0.15, 0.2) is 22.7 Å². The fourth-order valence-electron chi connectivity index (χ4n) is 2.18. The lowest BCUT2D eigenvalue weighted by Gasteiger charge is -2.06. The first-order valence-corrected chi connectivity index (χ1v) is 7.35. The number of aromatic nitrogens is 4. The molecule has 1 aliphatic carbocycles. The summed E-state index contributed by atoms with van der Waals surface area (Å²) in [5.74, 6) is 1.73. The predicted octanol–water partition coefficient (Wildman–Crippen LogP) is 2.88. The van der Waals surface area contributed by atoms with Crippen molar-refractivity contribution in [1.29, 1.82) is 0 Å². The molecule has 0 atom stereocenters. The predicted molar refractivity (Wildman–Crippen MR) is 77.3 cm³/mol. The molecule has 1 aliphatic rings. The van der Waals surface area contributed by atoms with Crippen molar-refractivity contribution in [3.05, 3.63) is 22.7 Å². The zero-order valence-corrected chi connectivity index (χ0v) is 12.2. The first-order valence-electron chi connectivity index (χ1n) is 6.55. The van der Waals surface area contributed by atoms with Crippen LogP contribution in [-0.4, -0.2) is 20.2 Å². The Morgan fingerprint density at radius 2 is 2.21 bits per heavy atom. The summed E-state index contributed by atoms with van der Waals surface area (Å²) >= 11 is 3.39. The van der Waals surface area contributed by atoms with Gasteiger partial charge in [-0.1, -0.05) is 12.8 Å². The van der Waals surface area contributed by atoms with Crippen molar-refractivity contribution in [2.75, 3.05) is 5.73 Å². The highest BCUT2D eigenvalue weighted by molar-refractivity contribution is 9.10. The van der Waals surface area contributed by atoms with E-state index in [4.69, 9.17) is 5.73 Å². The Bertz CT molecular complexity index is 576. The van der Waals surface area contributed by atoms with E-state index in [-0.39, 0.29) is 0 Å². The largest absolute Gasteiger partial charge is 0.398 e. The van der Waals surface area contributed by atoms with Crippen LogP contribution in [0.3, 0.4) is 0 Å². The highest BCUT2D eigenvalue weighted by atomic mass is 79.9. The van der Waals surface area contributed by atoms with Gasteiger partial charge in [0, 0.05) is 22.3 Å². The van der Waals surface area contributed by atoms with Crippen LogP contribution in [0.4, 0.5) is 5.69 Å². The fraction of sp³-hybridized carbons (Fsp3) is 0.462. The molecule has 0 unspecified atom stereocenters. The second kappa shape index (κ2) is 5.28. The Kier molecular flexibility index (Phi) is 3.50. The lowest BCUT2D eigenvalue weighted by atomic mass is 10.2. The first kappa shape index (κ1) is 12.6. The molecule has 0 radical (unpaired) electrons. The molecule has 5 nitrogen and oxygen atoms in total. The van der Waals surface area contributed by atoms with E-state index >= 15 is 0 Å². The van der Waals surface area contributed by atoms with Gasteiger partial charge in [0.2, 0.25) is 0 Å². The third-order valence-corrected chi connectivity index (χ3v) is 4.19. The van der Waals surface area contributed by atoms with Gasteiger partial charge in [0.05, 0.1) is 0 Å². The van der Waals surface area contributed by atoms with Gasteiger partial charge in [0.15, 0.2) is 5.82 Å². The second-order valence-electron chi connectivity index (χ2n) is 5.05. The molecule has 1 fully saturated rings. The maximum absolute atomic E-state index is 5.90. The molecule has 1 heterocycles. The normalized spacial score (nSPS) is 14.8. The molecule has 19 heavy (non-hydrogen) atoms. The van der Waals surface area contributed by atoms with Crippen LogP contribution in [-0.2, 0) is 6.54 Å². The molecule has 1 aromatic carbocycles. The van der Waals surface area contributed by atoms with E-state index in [9.17, 15) is 0 Å². The van der Waals surface area contributed by atoms with Gasteiger partial charge in [-0.15, -0.1) is 5.10 Å². The quantitative estimate of drug-likeness (QED) is 0.860. The second-order valence-corrected chi connectivity index (χ2v) is 5.90. The van der Waals surface area contributed by atoms with Crippen molar-refractivity contribution < 1.29 is 0 Å². The summed E-state index contributed by atoms with van der Waals surface area (Å²) in [7, 11) is 0. The number of hydrogen-bond donors (Lipinski definition) is 1. The van der Waals surface area contributed by atoms with Crippen molar-refractivity contribution in [2.24, 2.45) is 5.92 Å². The van der Waals surface area contributed by atoms with Crippen LogP contribution in [0.25, 0.3) is 11.4 Å². The summed E-state index contributed by atoms with van der Waals surface area (Å²) in [5, 5.41) is 11.9. The van der Waals surface area contributed by atoms with Gasteiger partial charge in [-0.25, -0.2) is 4.68 Å². The summed E-state index contributed by atoms with van der Waals surface area (Å²) in [6, 6.07) is 5.80. The minimum atomic E-state index is 0.699. The molecule has 2 aromatic rings. The fourth-order valence-corrected chi connectivity index (χ4v) is 2.43. The molecular weight excluding hydrogens is 306 g/mol. The highest BCUT2D eigenvalue weighted by Gasteiger charge is 2.20. The number of tetrazole rings is 1. The van der Waals surface area contributed by atoms with E-state index < -0.39 is 0 Å². The molecular formula is C13H16BrN5. The van der Waals surface area contributed by atoms with Crippen LogP contribution in [0.5, 0.6) is 0 Å². The monoisotopic (exact) mass is 321 g/mol. The van der Waals surface area contributed by atoms with Crippen LogP contribution < -0.4 is 5.73 Å². The lowest BCUT2D eigenvalue weighted by molar-refractivity contribution is 0.526. The first-order chi connectivity index (χ1) is 9.24. The number of rotatable bonds is 5. The van der Waals surface area contributed by atoms with Crippen LogP contribution in [0, 0.1) is 5.92 Å². The molecule has 0 spiro atoms. The topological polar surface area (TPSA) is 69.6 Å². The molecule has 0 bridgehead atoms. The zero-order chi connectivity index (χ0) is 13.2. The number of halogens is 1. The molecule has 6 heteroatoms. The minimum Gasteiger partial charge on any atom is -0.398 e. The van der Waals surface area contributed by atoms with Gasteiger partial charge in [0.1, 0.15) is 0 Å². The van der Waals surface area contributed by atoms with Crippen molar-refractivity contribution >= 4 is 21.6 Å². The van der Waals surface area contributed by atoms with E-state index in [0.717, 1.165) is 34.7 Å². The molecule has 0 amide bonds. The summed E-state index contributed by atoms with van der Waals surface area (Å²) in [6.07, 6.45) is 5.20. The smallest absolute Gasteiger partial charge is 0.182 e. The molecule has 1 aromatic heterocycles. The van der Waals surface area contributed by atoms with Crippen LogP contribution in [0.1, 0.15) is 25.7 Å². The molecule has 2 N–H and O–H groups in total. The Hall–Kier alpha value is -1.43. The van der Waals surface area contributed by atoms with E-state index in [1.54, 1.807) is 0 Å². The Labute approximate surface area is 120 Å². The molecule has 100 valence electrons. The molecule has 3 rings (SSSR count). The third kappa shape index (κ3) is 2.94. The van der Waals surface area contributed by atoms with Crippen molar-refractivity contribution in [2.45, 2.75) is 32.2 Å². The summed E-state index contributed by atoms with van der Waals surface area (Å²) in [6.45, 7) is 0.870. The Morgan fingerprint density at radius 3 is 2.95 bits per heavy atom. The number of nitrogens with two attached hydrogens (primary N) is 1. The Balaban J connectivity index is 1.75. The van der Waals surface area contributed by atoms with Gasteiger partial charge < -0.3 is 5.73 Å². The summed E-state index contributed by atoms with van der Waals surface area (Å²) < 4.78 is 2.76. The summed E-state index contributed by atoms with van der Waals surface area (Å²) in [5.41, 5.74) is 7.55. The maximum Gasteiger partial charge on any atom is 0.182 e. The van der Waals surface area contributed by atoms with Crippen LogP contribution in [0.2, 0.25) is 0 Å². The van der Waals surface area contributed by atoms with Crippen molar-refractivity contribution in [1.82, 2.24) is 20.2 Å².